The quantitative estimate of drug-likeness (QED) is 0.215. The Morgan fingerprint density at radius 1 is 1.15 bits per heavy atom. The Kier molecular flexibility index (Phi) is 8.38. The molecule has 1 aliphatic rings. The molecule has 2 N–H and O–H groups in total. The summed E-state index contributed by atoms with van der Waals surface area (Å²) in [5.41, 5.74) is 6.63. The third kappa shape index (κ3) is 6.05. The number of aryl methyl sites for hydroxylation is 2. The van der Waals surface area contributed by atoms with Crippen LogP contribution in [-0.2, 0) is 13.0 Å². The molecule has 0 radical (unpaired) electrons. The monoisotopic (exact) mass is 541 g/mol. The third-order valence-electron chi connectivity index (χ3n) is 7.30. The molecule has 7 heteroatoms. The fraction of sp³-hybridized carbons (Fsp3) is 0.312. The van der Waals surface area contributed by atoms with Crippen molar-refractivity contribution in [1.82, 2.24) is 19.9 Å². The van der Waals surface area contributed by atoms with Gasteiger partial charge in [0.15, 0.2) is 0 Å². The van der Waals surface area contributed by atoms with E-state index in [0.29, 0.717) is 17.5 Å². The molecule has 0 saturated carbocycles. The van der Waals surface area contributed by atoms with Gasteiger partial charge in [0.25, 0.3) is 0 Å². The topological polar surface area (TPSA) is 56.8 Å². The lowest BCUT2D eigenvalue weighted by atomic mass is 9.98. The molecule has 0 bridgehead atoms. The minimum Gasteiger partial charge on any atom is -0.388 e. The predicted molar refractivity (Wildman–Crippen MR) is 161 cm³/mol. The van der Waals surface area contributed by atoms with E-state index >= 15 is 4.39 Å². The molecule has 5 nitrogen and oxygen atoms in total. The van der Waals surface area contributed by atoms with Gasteiger partial charge in [0.2, 0.25) is 0 Å². The molecule has 202 valence electrons. The van der Waals surface area contributed by atoms with E-state index in [4.69, 9.17) is 4.98 Å². The van der Waals surface area contributed by atoms with Crippen molar-refractivity contribution in [3.05, 3.63) is 105 Å². The van der Waals surface area contributed by atoms with Gasteiger partial charge in [0.1, 0.15) is 11.6 Å². The number of pyridine rings is 1. The molecule has 4 heterocycles. The number of piperidine rings is 1. The number of anilines is 1. The molecule has 0 unspecified atom stereocenters. The van der Waals surface area contributed by atoms with E-state index in [0.717, 1.165) is 64.1 Å². The predicted octanol–water partition coefficient (Wildman–Crippen LogP) is 7.53. The maximum absolute atomic E-state index is 16.2. The highest BCUT2D eigenvalue weighted by atomic mass is 32.1. The summed E-state index contributed by atoms with van der Waals surface area (Å²) in [4.78, 5) is 17.6. The number of H-pyrrole nitrogens is 1. The van der Waals surface area contributed by atoms with E-state index in [2.05, 4.69) is 51.9 Å². The summed E-state index contributed by atoms with van der Waals surface area (Å²) in [6.07, 6.45) is 11.5. The number of likely N-dealkylation sites (tertiary alicyclic amines) is 1. The molecule has 1 aliphatic heterocycles. The van der Waals surface area contributed by atoms with E-state index in [9.17, 15) is 0 Å². The summed E-state index contributed by atoms with van der Waals surface area (Å²) in [6.45, 7) is 11.1. The summed E-state index contributed by atoms with van der Waals surface area (Å²) in [5, 5.41) is 3.17. The number of aromatic nitrogens is 3. The zero-order chi connectivity index (χ0) is 27.4. The first-order chi connectivity index (χ1) is 19.0. The largest absolute Gasteiger partial charge is 0.388 e. The minimum atomic E-state index is -0.245. The summed E-state index contributed by atoms with van der Waals surface area (Å²) in [6, 6.07) is 10.1. The van der Waals surface area contributed by atoms with Gasteiger partial charge >= 0.3 is 0 Å². The first kappa shape index (κ1) is 27.0. The first-order valence-electron chi connectivity index (χ1n) is 13.6. The van der Waals surface area contributed by atoms with Crippen LogP contribution < -0.4 is 5.32 Å². The minimum absolute atomic E-state index is 0.245. The Labute approximate surface area is 234 Å². The second-order valence-electron chi connectivity index (χ2n) is 10.2. The number of thiophene rings is 1. The summed E-state index contributed by atoms with van der Waals surface area (Å²) in [5.74, 6) is 0.473. The molecule has 1 fully saturated rings. The van der Waals surface area contributed by atoms with Crippen LogP contribution in [0.15, 0.2) is 61.5 Å². The van der Waals surface area contributed by atoms with Crippen LogP contribution in [0.25, 0.3) is 16.7 Å². The van der Waals surface area contributed by atoms with Crippen LogP contribution in [0.2, 0.25) is 0 Å². The highest BCUT2D eigenvalue weighted by Crippen LogP contribution is 2.33. The zero-order valence-electron chi connectivity index (χ0n) is 23.0. The van der Waals surface area contributed by atoms with Gasteiger partial charge in [-0.2, -0.15) is 0 Å². The van der Waals surface area contributed by atoms with Crippen molar-refractivity contribution in [3.63, 3.8) is 0 Å². The smallest absolute Gasteiger partial charge is 0.136 e. The standard InChI is InChI=1S/C32H36FN5S/c1-5-9-26(29-13-10-21(2)39-29)32-22(3)36-30(37-32)17-27-28(34-4)12-11-25(31(27)33)24-16-23(18-35-19-24)20-38-14-7-6-8-15-38/h5,9-13,16,18-19,34H,1,6-8,14-15,17,20H2,2-4H3,(H,36,37)/b26-9-. The summed E-state index contributed by atoms with van der Waals surface area (Å²) < 4.78 is 16.2. The van der Waals surface area contributed by atoms with Crippen molar-refractivity contribution in [2.75, 3.05) is 25.5 Å². The van der Waals surface area contributed by atoms with Crippen LogP contribution in [0, 0.1) is 19.7 Å². The normalized spacial score (nSPS) is 14.5. The number of nitrogens with one attached hydrogen (secondary N) is 2. The Hall–Kier alpha value is -3.55. The molecule has 0 spiro atoms. The Morgan fingerprint density at radius 3 is 2.69 bits per heavy atom. The number of allylic oxidation sites excluding steroid dienone is 2. The third-order valence-corrected chi connectivity index (χ3v) is 8.33. The van der Waals surface area contributed by atoms with Crippen molar-refractivity contribution in [2.24, 2.45) is 0 Å². The van der Waals surface area contributed by atoms with Crippen molar-refractivity contribution < 1.29 is 4.39 Å². The second kappa shape index (κ2) is 12.1. The van der Waals surface area contributed by atoms with E-state index in [1.807, 2.05) is 38.4 Å². The second-order valence-corrected chi connectivity index (χ2v) is 11.5. The number of imidazole rings is 1. The van der Waals surface area contributed by atoms with Crippen molar-refractivity contribution in [3.8, 4) is 11.1 Å². The van der Waals surface area contributed by atoms with Gasteiger partial charge in [0.05, 0.1) is 5.69 Å². The molecular weight excluding hydrogens is 505 g/mol. The maximum Gasteiger partial charge on any atom is 0.136 e. The maximum atomic E-state index is 16.2. The fourth-order valence-electron chi connectivity index (χ4n) is 5.36. The summed E-state index contributed by atoms with van der Waals surface area (Å²) in [7, 11) is 1.82. The van der Waals surface area contributed by atoms with E-state index in [-0.39, 0.29) is 5.82 Å². The van der Waals surface area contributed by atoms with E-state index in [1.54, 1.807) is 23.6 Å². The lowest BCUT2D eigenvalue weighted by molar-refractivity contribution is 0.220. The molecular formula is C32H36FN5S. The lowest BCUT2D eigenvalue weighted by Crippen LogP contribution is -2.29. The number of nitrogens with zero attached hydrogens (tertiary/aromatic N) is 3. The van der Waals surface area contributed by atoms with Crippen LogP contribution >= 0.6 is 11.3 Å². The number of hydrogen-bond donors (Lipinski definition) is 2. The molecule has 1 saturated heterocycles. The number of hydrogen-bond acceptors (Lipinski definition) is 5. The molecule has 0 atom stereocenters. The van der Waals surface area contributed by atoms with Gasteiger partial charge in [-0.25, -0.2) is 9.37 Å². The van der Waals surface area contributed by atoms with E-state index < -0.39 is 0 Å². The highest BCUT2D eigenvalue weighted by molar-refractivity contribution is 7.13. The van der Waals surface area contributed by atoms with Gasteiger partial charge in [-0.05, 0) is 75.7 Å². The summed E-state index contributed by atoms with van der Waals surface area (Å²) >= 11 is 1.72. The van der Waals surface area contributed by atoms with Crippen molar-refractivity contribution in [1.29, 1.82) is 0 Å². The molecule has 0 aliphatic carbocycles. The molecule has 3 aromatic heterocycles. The molecule has 5 rings (SSSR count). The van der Waals surface area contributed by atoms with Crippen LogP contribution in [0.4, 0.5) is 10.1 Å². The number of benzene rings is 1. The van der Waals surface area contributed by atoms with Crippen LogP contribution in [-0.4, -0.2) is 40.0 Å². The van der Waals surface area contributed by atoms with E-state index in [1.165, 1.54) is 24.1 Å². The molecule has 0 amide bonds. The van der Waals surface area contributed by atoms with Crippen LogP contribution in [0.1, 0.15) is 57.4 Å². The fourth-order valence-corrected chi connectivity index (χ4v) is 6.25. The zero-order valence-corrected chi connectivity index (χ0v) is 23.8. The van der Waals surface area contributed by atoms with Crippen molar-refractivity contribution in [2.45, 2.75) is 46.1 Å². The average molecular weight is 542 g/mol. The SMILES string of the molecule is C=C/C=C(/c1ccc(C)s1)c1nc(Cc2c(NC)ccc(-c3cncc(CN4CCCCC4)c3)c2F)[nH]c1C. The number of aromatic amines is 1. The van der Waals surface area contributed by atoms with Gasteiger partial charge < -0.3 is 10.3 Å². The lowest BCUT2D eigenvalue weighted by Gasteiger charge is -2.26. The Morgan fingerprint density at radius 2 is 1.97 bits per heavy atom. The van der Waals surface area contributed by atoms with Crippen molar-refractivity contribution >= 4 is 22.6 Å². The van der Waals surface area contributed by atoms with Gasteiger partial charge in [-0.1, -0.05) is 25.2 Å². The van der Waals surface area contributed by atoms with Gasteiger partial charge in [-0.15, -0.1) is 11.3 Å². The molecule has 1 aromatic carbocycles. The van der Waals surface area contributed by atoms with Gasteiger partial charge in [-0.3, -0.25) is 9.88 Å². The number of rotatable bonds is 9. The average Bonchev–Trinajstić information content (AvgIpc) is 3.54. The van der Waals surface area contributed by atoms with Crippen LogP contribution in [0.5, 0.6) is 0 Å². The Balaban J connectivity index is 1.46. The van der Waals surface area contributed by atoms with Crippen LogP contribution in [0.3, 0.4) is 0 Å². The Bertz CT molecular complexity index is 1490. The number of halogens is 1. The van der Waals surface area contributed by atoms with Gasteiger partial charge in [0, 0.05) is 75.8 Å². The highest BCUT2D eigenvalue weighted by Gasteiger charge is 2.20. The first-order valence-corrected chi connectivity index (χ1v) is 14.4. The molecule has 4 aromatic rings. The molecule has 39 heavy (non-hydrogen) atoms.